The van der Waals surface area contributed by atoms with Gasteiger partial charge >= 0.3 is 0 Å². The van der Waals surface area contributed by atoms with Crippen molar-refractivity contribution in [3.05, 3.63) is 23.8 Å². The highest BCUT2D eigenvalue weighted by molar-refractivity contribution is 5.45. The number of hydrogen-bond donors (Lipinski definition) is 1. The Morgan fingerprint density at radius 2 is 2.29 bits per heavy atom. The van der Waals surface area contributed by atoms with Crippen LogP contribution in [-0.4, -0.2) is 13.7 Å². The van der Waals surface area contributed by atoms with E-state index in [9.17, 15) is 0 Å². The maximum Gasteiger partial charge on any atom is 0.124 e. The topological polar surface area (TPSA) is 44.5 Å². The normalized spacial score (nSPS) is 25.1. The molecule has 2 N–H and O–H groups in total. The van der Waals surface area contributed by atoms with E-state index >= 15 is 0 Å². The maximum atomic E-state index is 6.18. The van der Waals surface area contributed by atoms with Gasteiger partial charge in [0.1, 0.15) is 11.5 Å². The van der Waals surface area contributed by atoms with Crippen LogP contribution < -0.4 is 15.2 Å². The lowest BCUT2D eigenvalue weighted by molar-refractivity contribution is 0.226. The molecule has 14 heavy (non-hydrogen) atoms. The fourth-order valence-electron chi connectivity index (χ4n) is 1.72. The molecule has 0 saturated carbocycles. The first-order valence-electron chi connectivity index (χ1n) is 4.74. The Bertz CT molecular complexity index is 347. The molecule has 1 aromatic carbocycles. The van der Waals surface area contributed by atoms with Crippen LogP contribution in [0.15, 0.2) is 18.2 Å². The predicted molar refractivity (Wildman–Crippen MR) is 54.6 cm³/mol. The summed E-state index contributed by atoms with van der Waals surface area (Å²) in [6.07, 6.45) is 0.840. The Kier molecular flexibility index (Phi) is 2.11. The van der Waals surface area contributed by atoms with Crippen LogP contribution in [0.25, 0.3) is 0 Å². The van der Waals surface area contributed by atoms with Crippen molar-refractivity contribution < 1.29 is 9.47 Å². The van der Waals surface area contributed by atoms with E-state index in [2.05, 4.69) is 0 Å². The molecule has 1 heterocycles. The van der Waals surface area contributed by atoms with Gasteiger partial charge in [0.15, 0.2) is 0 Å². The number of nitrogens with two attached hydrogens (primary N) is 1. The highest BCUT2D eigenvalue weighted by Crippen LogP contribution is 2.36. The standard InChI is InChI=1S/C11H15NO2/c1-11(12)5-6-14-10-4-3-8(13-2)7-9(10)11/h3-4,7H,5-6,12H2,1-2H3. The van der Waals surface area contributed by atoms with Crippen LogP contribution in [0.1, 0.15) is 18.9 Å². The number of benzene rings is 1. The summed E-state index contributed by atoms with van der Waals surface area (Å²) in [6, 6.07) is 5.76. The Hall–Kier alpha value is -1.22. The van der Waals surface area contributed by atoms with Crippen LogP contribution in [0.5, 0.6) is 11.5 Å². The molecule has 0 amide bonds. The van der Waals surface area contributed by atoms with Crippen molar-refractivity contribution in [2.24, 2.45) is 5.73 Å². The summed E-state index contributed by atoms with van der Waals surface area (Å²) in [5.41, 5.74) is 6.90. The van der Waals surface area contributed by atoms with Crippen molar-refractivity contribution >= 4 is 0 Å². The first-order chi connectivity index (χ1) is 6.63. The van der Waals surface area contributed by atoms with Gasteiger partial charge in [-0.3, -0.25) is 0 Å². The second-order valence-electron chi connectivity index (χ2n) is 3.88. The average molecular weight is 193 g/mol. The number of ether oxygens (including phenoxy) is 2. The van der Waals surface area contributed by atoms with E-state index in [1.54, 1.807) is 7.11 Å². The minimum absolute atomic E-state index is 0.303. The molecule has 0 bridgehead atoms. The molecule has 2 rings (SSSR count). The number of rotatable bonds is 1. The first kappa shape index (κ1) is 9.34. The maximum absolute atomic E-state index is 6.18. The molecule has 1 unspecified atom stereocenters. The fraction of sp³-hybridized carbons (Fsp3) is 0.455. The van der Waals surface area contributed by atoms with Gasteiger partial charge in [0, 0.05) is 17.5 Å². The zero-order chi connectivity index (χ0) is 10.2. The highest BCUT2D eigenvalue weighted by Gasteiger charge is 2.29. The summed E-state index contributed by atoms with van der Waals surface area (Å²) >= 11 is 0. The molecule has 3 heteroatoms. The van der Waals surface area contributed by atoms with E-state index in [-0.39, 0.29) is 5.54 Å². The van der Waals surface area contributed by atoms with Crippen molar-refractivity contribution in [3.63, 3.8) is 0 Å². The van der Waals surface area contributed by atoms with Gasteiger partial charge in [0.25, 0.3) is 0 Å². The molecule has 3 nitrogen and oxygen atoms in total. The third-order valence-electron chi connectivity index (χ3n) is 2.68. The molecule has 0 aliphatic carbocycles. The first-order valence-corrected chi connectivity index (χ1v) is 4.74. The molecular formula is C11H15NO2. The van der Waals surface area contributed by atoms with Crippen LogP contribution in [0.3, 0.4) is 0 Å². The largest absolute Gasteiger partial charge is 0.497 e. The summed E-state index contributed by atoms with van der Waals surface area (Å²) in [5, 5.41) is 0. The van der Waals surface area contributed by atoms with Crippen molar-refractivity contribution in [2.75, 3.05) is 13.7 Å². The second kappa shape index (κ2) is 3.17. The summed E-state index contributed by atoms with van der Waals surface area (Å²) in [5.74, 6) is 1.70. The zero-order valence-electron chi connectivity index (χ0n) is 8.54. The fourth-order valence-corrected chi connectivity index (χ4v) is 1.72. The van der Waals surface area contributed by atoms with Gasteiger partial charge in [-0.05, 0) is 25.1 Å². The van der Waals surface area contributed by atoms with Crippen LogP contribution in [0.4, 0.5) is 0 Å². The lowest BCUT2D eigenvalue weighted by Crippen LogP contribution is -2.38. The summed E-state index contributed by atoms with van der Waals surface area (Å²) < 4.78 is 10.7. The SMILES string of the molecule is COc1ccc2c(c1)C(C)(N)CCO2. The molecule has 0 fully saturated rings. The van der Waals surface area contributed by atoms with E-state index in [0.717, 1.165) is 23.5 Å². The minimum atomic E-state index is -0.303. The second-order valence-corrected chi connectivity index (χ2v) is 3.88. The van der Waals surface area contributed by atoms with Gasteiger partial charge in [0.2, 0.25) is 0 Å². The van der Waals surface area contributed by atoms with E-state index in [1.807, 2.05) is 25.1 Å². The Morgan fingerprint density at radius 3 is 3.00 bits per heavy atom. The van der Waals surface area contributed by atoms with Gasteiger partial charge in [-0.15, -0.1) is 0 Å². The van der Waals surface area contributed by atoms with Gasteiger partial charge in [0.05, 0.1) is 13.7 Å². The third-order valence-corrected chi connectivity index (χ3v) is 2.68. The molecule has 76 valence electrons. The van der Waals surface area contributed by atoms with Crippen LogP contribution in [0, 0.1) is 0 Å². The molecule has 0 spiro atoms. The van der Waals surface area contributed by atoms with Crippen molar-refractivity contribution in [1.82, 2.24) is 0 Å². The highest BCUT2D eigenvalue weighted by atomic mass is 16.5. The summed E-state index contributed by atoms with van der Waals surface area (Å²) in [4.78, 5) is 0. The smallest absolute Gasteiger partial charge is 0.124 e. The minimum Gasteiger partial charge on any atom is -0.497 e. The average Bonchev–Trinajstić information content (AvgIpc) is 2.17. The van der Waals surface area contributed by atoms with Crippen molar-refractivity contribution in [3.8, 4) is 11.5 Å². The zero-order valence-corrected chi connectivity index (χ0v) is 8.54. The monoisotopic (exact) mass is 193 g/mol. The van der Waals surface area contributed by atoms with Crippen LogP contribution in [-0.2, 0) is 5.54 Å². The predicted octanol–water partition coefficient (Wildman–Crippen LogP) is 1.65. The number of fused-ring (bicyclic) bond motifs is 1. The molecule has 0 radical (unpaired) electrons. The molecule has 0 saturated heterocycles. The number of hydrogen-bond acceptors (Lipinski definition) is 3. The summed E-state index contributed by atoms with van der Waals surface area (Å²) in [6.45, 7) is 2.71. The summed E-state index contributed by atoms with van der Waals surface area (Å²) in [7, 11) is 1.65. The lowest BCUT2D eigenvalue weighted by Gasteiger charge is -2.32. The van der Waals surface area contributed by atoms with Gasteiger partial charge in [-0.1, -0.05) is 0 Å². The Morgan fingerprint density at radius 1 is 1.50 bits per heavy atom. The molecule has 1 aromatic rings. The van der Waals surface area contributed by atoms with Crippen molar-refractivity contribution in [1.29, 1.82) is 0 Å². The van der Waals surface area contributed by atoms with E-state index in [4.69, 9.17) is 15.2 Å². The van der Waals surface area contributed by atoms with Crippen LogP contribution in [0.2, 0.25) is 0 Å². The van der Waals surface area contributed by atoms with Crippen LogP contribution >= 0.6 is 0 Å². The lowest BCUT2D eigenvalue weighted by atomic mass is 9.87. The quantitative estimate of drug-likeness (QED) is 0.737. The molecular weight excluding hydrogens is 178 g/mol. The Balaban J connectivity index is 2.49. The molecule has 0 aromatic heterocycles. The van der Waals surface area contributed by atoms with Gasteiger partial charge in [-0.25, -0.2) is 0 Å². The van der Waals surface area contributed by atoms with Crippen molar-refractivity contribution in [2.45, 2.75) is 18.9 Å². The van der Waals surface area contributed by atoms with E-state index in [0.29, 0.717) is 6.61 Å². The Labute approximate surface area is 83.8 Å². The van der Waals surface area contributed by atoms with E-state index < -0.39 is 0 Å². The van der Waals surface area contributed by atoms with Gasteiger partial charge in [-0.2, -0.15) is 0 Å². The number of methoxy groups -OCH3 is 1. The molecule has 1 aliphatic heterocycles. The molecule has 1 aliphatic rings. The third kappa shape index (κ3) is 1.44. The molecule has 1 atom stereocenters. The van der Waals surface area contributed by atoms with E-state index in [1.165, 1.54) is 0 Å². The van der Waals surface area contributed by atoms with Gasteiger partial charge < -0.3 is 15.2 Å².